The molecule has 8 heteroatoms. The Kier molecular flexibility index (Phi) is 9.02. The molecule has 0 saturated carbocycles. The topological polar surface area (TPSA) is 85.8 Å². The Balaban J connectivity index is 1.13. The number of hydrogen-bond acceptors (Lipinski definition) is 8. The molecule has 37 heavy (non-hydrogen) atoms. The third kappa shape index (κ3) is 6.48. The van der Waals surface area contributed by atoms with E-state index in [1.165, 1.54) is 19.1 Å². The first-order valence-corrected chi connectivity index (χ1v) is 14.0. The van der Waals surface area contributed by atoms with Crippen LogP contribution in [-0.2, 0) is 31.8 Å². The average Bonchev–Trinajstić information content (AvgIpc) is 3.41. The number of esters is 1. The van der Waals surface area contributed by atoms with Gasteiger partial charge in [0, 0.05) is 50.3 Å². The van der Waals surface area contributed by atoms with Crippen molar-refractivity contribution in [1.29, 1.82) is 0 Å². The Morgan fingerprint density at radius 2 is 2.16 bits per heavy atom. The molecule has 0 amide bonds. The summed E-state index contributed by atoms with van der Waals surface area (Å²) in [5.74, 6) is 0.816. The lowest BCUT2D eigenvalue weighted by molar-refractivity contribution is -0.147. The maximum atomic E-state index is 13.0. The molecule has 3 unspecified atom stereocenters. The maximum absolute atomic E-state index is 13.0. The number of pyridine rings is 2. The second kappa shape index (κ2) is 12.8. The molecule has 0 spiro atoms. The Hall–Kier alpha value is -2.55. The van der Waals surface area contributed by atoms with Gasteiger partial charge in [0.1, 0.15) is 11.9 Å². The highest BCUT2D eigenvalue weighted by atomic mass is 16.5. The number of rotatable bonds is 10. The van der Waals surface area contributed by atoms with Gasteiger partial charge in [-0.15, -0.1) is 0 Å². The van der Waals surface area contributed by atoms with Crippen LogP contribution in [0.15, 0.2) is 30.5 Å². The number of unbranched alkanes of at least 4 members (excludes halogenated alkanes) is 1. The van der Waals surface area contributed by atoms with E-state index in [9.17, 15) is 4.79 Å². The van der Waals surface area contributed by atoms with Gasteiger partial charge in [-0.25, -0.2) is 9.78 Å². The van der Waals surface area contributed by atoms with Crippen LogP contribution in [0.25, 0.3) is 0 Å². The molecule has 200 valence electrons. The fourth-order valence-electron chi connectivity index (χ4n) is 5.76. The van der Waals surface area contributed by atoms with Crippen LogP contribution < -0.4 is 5.32 Å². The lowest BCUT2D eigenvalue weighted by Gasteiger charge is -2.30. The largest absolute Gasteiger partial charge is 0.468 e. The summed E-state index contributed by atoms with van der Waals surface area (Å²) in [5.41, 5.74) is 4.25. The van der Waals surface area contributed by atoms with Gasteiger partial charge in [0.2, 0.25) is 0 Å². The van der Waals surface area contributed by atoms with Crippen molar-refractivity contribution in [2.45, 2.75) is 76.0 Å². The van der Waals surface area contributed by atoms with Crippen LogP contribution in [0.5, 0.6) is 0 Å². The quantitative estimate of drug-likeness (QED) is 0.373. The molecule has 0 aliphatic carbocycles. The van der Waals surface area contributed by atoms with Crippen LogP contribution in [-0.4, -0.2) is 66.9 Å². The first kappa shape index (κ1) is 26.1. The van der Waals surface area contributed by atoms with Gasteiger partial charge in [0.05, 0.1) is 25.0 Å². The number of aryl methyl sites for hydroxylation is 2. The summed E-state index contributed by atoms with van der Waals surface area (Å²) in [6, 6.07) is 7.80. The molecule has 0 bridgehead atoms. The van der Waals surface area contributed by atoms with Crippen molar-refractivity contribution < 1.29 is 19.0 Å². The number of nitrogens with zero attached hydrogens (tertiary/aromatic N) is 3. The molecular weight excluding hydrogens is 468 g/mol. The minimum atomic E-state index is -0.489. The Morgan fingerprint density at radius 1 is 1.22 bits per heavy atom. The number of methoxy groups -OCH3 is 1. The average molecular weight is 509 g/mol. The minimum absolute atomic E-state index is 0.0628. The highest BCUT2D eigenvalue weighted by Crippen LogP contribution is 2.35. The molecule has 3 aliphatic heterocycles. The zero-order valence-corrected chi connectivity index (χ0v) is 22.0. The molecule has 5 rings (SSSR count). The molecule has 1 N–H and O–H groups in total. The normalized spacial score (nSPS) is 22.7. The predicted molar refractivity (Wildman–Crippen MR) is 141 cm³/mol. The molecule has 2 saturated heterocycles. The fourth-order valence-corrected chi connectivity index (χ4v) is 5.76. The van der Waals surface area contributed by atoms with Crippen molar-refractivity contribution in [3.05, 3.63) is 53.0 Å². The van der Waals surface area contributed by atoms with Crippen molar-refractivity contribution in [1.82, 2.24) is 14.9 Å². The molecule has 0 aromatic carbocycles. The summed E-state index contributed by atoms with van der Waals surface area (Å²) in [7, 11) is 1.46. The van der Waals surface area contributed by atoms with E-state index in [0.29, 0.717) is 6.54 Å². The van der Waals surface area contributed by atoms with Crippen LogP contribution in [0.4, 0.5) is 5.82 Å². The number of carbonyl (C=O) groups is 1. The van der Waals surface area contributed by atoms with Gasteiger partial charge in [-0.05, 0) is 75.5 Å². The molecule has 0 radical (unpaired) electrons. The smallest absolute Gasteiger partial charge is 0.327 e. The second-order valence-electron chi connectivity index (χ2n) is 10.3. The first-order valence-electron chi connectivity index (χ1n) is 14.0. The number of ether oxygens (including phenoxy) is 3. The lowest BCUT2D eigenvalue weighted by Crippen LogP contribution is -2.35. The van der Waals surface area contributed by atoms with Crippen molar-refractivity contribution in [2.24, 2.45) is 0 Å². The van der Waals surface area contributed by atoms with Crippen molar-refractivity contribution in [2.75, 3.05) is 45.3 Å². The van der Waals surface area contributed by atoms with E-state index in [-0.39, 0.29) is 18.2 Å². The molecule has 2 aromatic heterocycles. The summed E-state index contributed by atoms with van der Waals surface area (Å²) in [6.07, 6.45) is 11.2. The number of hydrogen-bond donors (Lipinski definition) is 1. The number of anilines is 1. The van der Waals surface area contributed by atoms with Crippen LogP contribution in [0.3, 0.4) is 0 Å². The fraction of sp³-hybridized carbons (Fsp3) is 0.621. The number of likely N-dealkylation sites (tertiary alicyclic amines) is 1. The second-order valence-corrected chi connectivity index (χ2v) is 10.3. The molecule has 2 aromatic rings. The minimum Gasteiger partial charge on any atom is -0.468 e. The lowest BCUT2D eigenvalue weighted by atomic mass is 9.96. The Morgan fingerprint density at radius 3 is 3.03 bits per heavy atom. The van der Waals surface area contributed by atoms with E-state index in [1.807, 2.05) is 12.1 Å². The number of aromatic nitrogens is 2. The van der Waals surface area contributed by atoms with Crippen molar-refractivity contribution in [3.63, 3.8) is 0 Å². The SMILES string of the molecule is COC(=O)C(c1cccnc1C1CCCCO1)N1CCC(OCCCCc2ccc3c(n2)NCCC3)C1. The predicted octanol–water partition coefficient (Wildman–Crippen LogP) is 4.40. The standard InChI is InChI=1S/C29H40N4O4/c1-35-29(34)27(24-10-7-15-30-26(24)25-11-3-5-19-37-25)33-17-14-23(20-33)36-18-4-2-9-22-13-12-21-8-6-16-31-28(21)32-22/h7,10,12-13,15,23,25,27H,2-6,8-9,11,14,16-20H2,1H3,(H,31,32). The summed E-state index contributed by atoms with van der Waals surface area (Å²) in [5, 5.41) is 3.42. The summed E-state index contributed by atoms with van der Waals surface area (Å²) < 4.78 is 17.5. The highest BCUT2D eigenvalue weighted by molar-refractivity contribution is 5.78. The monoisotopic (exact) mass is 508 g/mol. The van der Waals surface area contributed by atoms with Gasteiger partial charge in [-0.3, -0.25) is 9.88 Å². The first-order chi connectivity index (χ1) is 18.2. The number of fused-ring (bicyclic) bond motifs is 1. The van der Waals surface area contributed by atoms with Crippen LogP contribution in [0, 0.1) is 0 Å². The van der Waals surface area contributed by atoms with Crippen LogP contribution >= 0.6 is 0 Å². The maximum Gasteiger partial charge on any atom is 0.327 e. The summed E-state index contributed by atoms with van der Waals surface area (Å²) >= 11 is 0. The van der Waals surface area contributed by atoms with E-state index in [2.05, 4.69) is 27.3 Å². The van der Waals surface area contributed by atoms with Crippen LogP contribution in [0.2, 0.25) is 0 Å². The van der Waals surface area contributed by atoms with Gasteiger partial charge in [-0.2, -0.15) is 0 Å². The molecular formula is C29H40N4O4. The van der Waals surface area contributed by atoms with Gasteiger partial charge in [0.25, 0.3) is 0 Å². The van der Waals surface area contributed by atoms with Crippen molar-refractivity contribution in [3.8, 4) is 0 Å². The van der Waals surface area contributed by atoms with E-state index < -0.39 is 6.04 Å². The van der Waals surface area contributed by atoms with Crippen LogP contribution in [0.1, 0.15) is 79.6 Å². The Labute approximate surface area is 220 Å². The third-order valence-corrected chi connectivity index (χ3v) is 7.75. The van der Waals surface area contributed by atoms with Crippen molar-refractivity contribution >= 4 is 11.8 Å². The summed E-state index contributed by atoms with van der Waals surface area (Å²) in [4.78, 5) is 24.6. The van der Waals surface area contributed by atoms with E-state index in [1.54, 1.807) is 6.20 Å². The zero-order chi connectivity index (χ0) is 25.5. The molecule has 3 atom stereocenters. The van der Waals surface area contributed by atoms with Gasteiger partial charge in [-0.1, -0.05) is 12.1 Å². The Bertz CT molecular complexity index is 1040. The van der Waals surface area contributed by atoms with E-state index in [0.717, 1.165) is 100 Å². The highest BCUT2D eigenvalue weighted by Gasteiger charge is 2.37. The number of carbonyl (C=O) groups excluding carboxylic acids is 1. The molecule has 2 fully saturated rings. The third-order valence-electron chi connectivity index (χ3n) is 7.75. The molecule has 5 heterocycles. The van der Waals surface area contributed by atoms with E-state index in [4.69, 9.17) is 19.2 Å². The molecule has 3 aliphatic rings. The van der Waals surface area contributed by atoms with Gasteiger partial charge >= 0.3 is 5.97 Å². The van der Waals surface area contributed by atoms with E-state index >= 15 is 0 Å². The zero-order valence-electron chi connectivity index (χ0n) is 22.0. The number of nitrogens with one attached hydrogen (secondary N) is 1. The van der Waals surface area contributed by atoms with Gasteiger partial charge < -0.3 is 19.5 Å². The molecule has 8 nitrogen and oxygen atoms in total. The summed E-state index contributed by atoms with van der Waals surface area (Å²) in [6.45, 7) is 3.97. The van der Waals surface area contributed by atoms with Gasteiger partial charge in [0.15, 0.2) is 0 Å².